The Morgan fingerprint density at radius 3 is 2.05 bits per heavy atom. The Morgan fingerprint density at radius 2 is 1.36 bits per heavy atom. The normalized spacial score (nSPS) is 11.8. The standard InChI is InChI=1S/C36H31N3O4S/c1-24-13-15-26(16-14-24)33-22-19-30(43-33)23-32(39-35(41)27-9-5-3-6-10-27)36(42)38-29-17-20-31(21-18-29)44-25(2)34(40)37-28-11-7-4-8-12-28/h3-23,25H,1-2H3,(H,37,40)(H,38,42)(H,39,41). The second kappa shape index (κ2) is 14.2. The number of aryl methyl sites for hydroxylation is 1. The third-order valence-corrected chi connectivity index (χ3v) is 7.73. The van der Waals surface area contributed by atoms with Gasteiger partial charge in [0, 0.05) is 33.5 Å². The van der Waals surface area contributed by atoms with E-state index in [1.54, 1.807) is 42.5 Å². The van der Waals surface area contributed by atoms with E-state index in [4.69, 9.17) is 4.42 Å². The number of amides is 3. The monoisotopic (exact) mass is 601 g/mol. The third-order valence-electron chi connectivity index (χ3n) is 6.61. The average Bonchev–Trinajstić information content (AvgIpc) is 3.51. The summed E-state index contributed by atoms with van der Waals surface area (Å²) in [5.74, 6) is 0.00940. The quantitative estimate of drug-likeness (QED) is 0.112. The van der Waals surface area contributed by atoms with Gasteiger partial charge in [-0.15, -0.1) is 11.8 Å². The van der Waals surface area contributed by atoms with E-state index in [1.165, 1.54) is 17.8 Å². The number of hydrogen-bond donors (Lipinski definition) is 3. The van der Waals surface area contributed by atoms with Crippen LogP contribution in [0.1, 0.15) is 28.6 Å². The number of para-hydroxylation sites is 1. The minimum atomic E-state index is -0.515. The summed E-state index contributed by atoms with van der Waals surface area (Å²) in [4.78, 5) is 39.9. The lowest BCUT2D eigenvalue weighted by molar-refractivity contribution is -0.115. The smallest absolute Gasteiger partial charge is 0.272 e. The highest BCUT2D eigenvalue weighted by Crippen LogP contribution is 2.27. The van der Waals surface area contributed by atoms with Crippen LogP contribution in [0.5, 0.6) is 0 Å². The average molecular weight is 602 g/mol. The van der Waals surface area contributed by atoms with Gasteiger partial charge in [-0.05, 0) is 74.5 Å². The van der Waals surface area contributed by atoms with Crippen LogP contribution in [-0.4, -0.2) is 23.0 Å². The van der Waals surface area contributed by atoms with Crippen LogP contribution in [0.15, 0.2) is 136 Å². The van der Waals surface area contributed by atoms with Crippen molar-refractivity contribution in [2.75, 3.05) is 10.6 Å². The van der Waals surface area contributed by atoms with Crippen LogP contribution >= 0.6 is 11.8 Å². The minimum Gasteiger partial charge on any atom is -0.457 e. The molecule has 3 N–H and O–H groups in total. The van der Waals surface area contributed by atoms with E-state index in [2.05, 4.69) is 16.0 Å². The second-order valence-electron chi connectivity index (χ2n) is 10.0. The zero-order valence-corrected chi connectivity index (χ0v) is 25.1. The van der Waals surface area contributed by atoms with Gasteiger partial charge in [0.25, 0.3) is 11.8 Å². The summed E-state index contributed by atoms with van der Waals surface area (Å²) >= 11 is 1.41. The maximum atomic E-state index is 13.4. The molecular formula is C36H31N3O4S. The molecule has 0 saturated heterocycles. The third kappa shape index (κ3) is 8.14. The lowest BCUT2D eigenvalue weighted by atomic mass is 10.1. The molecule has 0 aliphatic rings. The first-order valence-corrected chi connectivity index (χ1v) is 14.9. The largest absolute Gasteiger partial charge is 0.457 e. The van der Waals surface area contributed by atoms with Crippen molar-refractivity contribution in [3.63, 3.8) is 0 Å². The molecule has 1 aromatic heterocycles. The Hall–Kier alpha value is -5.34. The molecule has 5 rings (SSSR count). The first-order valence-electron chi connectivity index (χ1n) is 14.0. The van der Waals surface area contributed by atoms with Gasteiger partial charge < -0.3 is 20.4 Å². The molecule has 4 aromatic carbocycles. The Morgan fingerprint density at radius 1 is 0.727 bits per heavy atom. The Bertz CT molecular complexity index is 1760. The van der Waals surface area contributed by atoms with Gasteiger partial charge in [-0.1, -0.05) is 66.2 Å². The fourth-order valence-corrected chi connectivity index (χ4v) is 5.09. The van der Waals surface area contributed by atoms with Crippen molar-refractivity contribution in [1.82, 2.24) is 5.32 Å². The van der Waals surface area contributed by atoms with Crippen molar-refractivity contribution in [1.29, 1.82) is 0 Å². The molecule has 0 aliphatic carbocycles. The van der Waals surface area contributed by atoms with Crippen molar-refractivity contribution in [3.05, 3.63) is 144 Å². The first-order chi connectivity index (χ1) is 21.3. The molecule has 1 heterocycles. The van der Waals surface area contributed by atoms with Crippen molar-refractivity contribution in [2.45, 2.75) is 24.0 Å². The molecule has 44 heavy (non-hydrogen) atoms. The fraction of sp³-hybridized carbons (Fsp3) is 0.0833. The Labute approximate surface area is 260 Å². The molecule has 0 bridgehead atoms. The summed E-state index contributed by atoms with van der Waals surface area (Å²) in [5.41, 5.74) is 3.75. The Balaban J connectivity index is 1.29. The molecule has 3 amide bonds. The molecule has 5 aromatic rings. The van der Waals surface area contributed by atoms with Crippen LogP contribution < -0.4 is 16.0 Å². The highest BCUT2D eigenvalue weighted by Gasteiger charge is 2.18. The predicted octanol–water partition coefficient (Wildman–Crippen LogP) is 7.78. The number of furan rings is 1. The zero-order chi connectivity index (χ0) is 30.9. The highest BCUT2D eigenvalue weighted by atomic mass is 32.2. The van der Waals surface area contributed by atoms with Crippen LogP contribution in [0.4, 0.5) is 11.4 Å². The SMILES string of the molecule is Cc1ccc(-c2ccc(C=C(NC(=O)c3ccccc3)C(=O)Nc3ccc(SC(C)C(=O)Nc4ccccc4)cc3)o2)cc1. The van der Waals surface area contributed by atoms with Gasteiger partial charge in [0.2, 0.25) is 5.91 Å². The summed E-state index contributed by atoms with van der Waals surface area (Å²) in [7, 11) is 0. The van der Waals surface area contributed by atoms with E-state index < -0.39 is 11.8 Å². The van der Waals surface area contributed by atoms with E-state index in [-0.39, 0.29) is 16.9 Å². The second-order valence-corrected chi connectivity index (χ2v) is 11.5. The van der Waals surface area contributed by atoms with Gasteiger partial charge in [0.15, 0.2) is 0 Å². The number of carbonyl (C=O) groups excluding carboxylic acids is 3. The van der Waals surface area contributed by atoms with Gasteiger partial charge in [-0.2, -0.15) is 0 Å². The number of thioether (sulfide) groups is 1. The van der Waals surface area contributed by atoms with Gasteiger partial charge in [0.1, 0.15) is 17.2 Å². The Kier molecular flexibility index (Phi) is 9.74. The van der Waals surface area contributed by atoms with Crippen molar-refractivity contribution >= 4 is 46.9 Å². The maximum absolute atomic E-state index is 13.4. The van der Waals surface area contributed by atoms with Crippen LogP contribution in [0.25, 0.3) is 17.4 Å². The molecule has 1 atom stereocenters. The number of hydrogen-bond acceptors (Lipinski definition) is 5. The minimum absolute atomic E-state index is 0.0216. The molecule has 7 nitrogen and oxygen atoms in total. The van der Waals surface area contributed by atoms with E-state index in [9.17, 15) is 14.4 Å². The van der Waals surface area contributed by atoms with Crippen molar-refractivity contribution < 1.29 is 18.8 Å². The summed E-state index contributed by atoms with van der Waals surface area (Å²) < 4.78 is 5.99. The zero-order valence-electron chi connectivity index (χ0n) is 24.2. The van der Waals surface area contributed by atoms with Gasteiger partial charge in [-0.25, -0.2) is 0 Å². The van der Waals surface area contributed by atoms with Crippen molar-refractivity contribution in [3.8, 4) is 11.3 Å². The topological polar surface area (TPSA) is 100 Å². The number of carbonyl (C=O) groups is 3. The summed E-state index contributed by atoms with van der Waals surface area (Å²) in [5, 5.41) is 8.15. The maximum Gasteiger partial charge on any atom is 0.272 e. The molecule has 0 aliphatic heterocycles. The van der Waals surface area contributed by atoms with Gasteiger partial charge in [0.05, 0.1) is 5.25 Å². The molecule has 220 valence electrons. The van der Waals surface area contributed by atoms with Crippen LogP contribution in [0, 0.1) is 6.92 Å². The molecule has 0 fully saturated rings. The molecule has 0 saturated carbocycles. The summed E-state index contributed by atoms with van der Waals surface area (Å²) in [6.07, 6.45) is 1.51. The molecule has 1 unspecified atom stereocenters. The number of nitrogens with one attached hydrogen (secondary N) is 3. The summed E-state index contributed by atoms with van der Waals surface area (Å²) in [6, 6.07) is 36.6. The molecule has 0 spiro atoms. The van der Waals surface area contributed by atoms with E-state index >= 15 is 0 Å². The molecule has 0 radical (unpaired) electrons. The first kappa shape index (κ1) is 30.1. The fourth-order valence-electron chi connectivity index (χ4n) is 4.23. The number of anilines is 2. The molecule has 8 heteroatoms. The van der Waals surface area contributed by atoms with Crippen LogP contribution in [0.2, 0.25) is 0 Å². The highest BCUT2D eigenvalue weighted by molar-refractivity contribution is 8.00. The lowest BCUT2D eigenvalue weighted by Gasteiger charge is -2.13. The van der Waals surface area contributed by atoms with Crippen molar-refractivity contribution in [2.24, 2.45) is 0 Å². The lowest BCUT2D eigenvalue weighted by Crippen LogP contribution is -2.30. The van der Waals surface area contributed by atoms with E-state index in [0.29, 0.717) is 22.8 Å². The molecular weight excluding hydrogens is 570 g/mol. The predicted molar refractivity (Wildman–Crippen MR) is 176 cm³/mol. The van der Waals surface area contributed by atoms with Gasteiger partial charge >= 0.3 is 0 Å². The van der Waals surface area contributed by atoms with Crippen LogP contribution in [-0.2, 0) is 9.59 Å². The van der Waals surface area contributed by atoms with E-state index in [0.717, 1.165) is 21.7 Å². The van der Waals surface area contributed by atoms with Crippen LogP contribution in [0.3, 0.4) is 0 Å². The number of benzene rings is 4. The van der Waals surface area contributed by atoms with E-state index in [1.807, 2.05) is 92.7 Å². The number of rotatable bonds is 10. The van der Waals surface area contributed by atoms with Gasteiger partial charge in [-0.3, -0.25) is 14.4 Å². The summed E-state index contributed by atoms with van der Waals surface area (Å²) in [6.45, 7) is 3.85.